The summed E-state index contributed by atoms with van der Waals surface area (Å²) in [5.74, 6) is -1.20. The first-order chi connectivity index (χ1) is 9.93. The van der Waals surface area contributed by atoms with Crippen molar-refractivity contribution in [1.82, 2.24) is 0 Å². The van der Waals surface area contributed by atoms with Gasteiger partial charge in [-0.2, -0.15) is 13.2 Å². The van der Waals surface area contributed by atoms with Gasteiger partial charge in [0.05, 0.1) is 5.92 Å². The molecule has 4 heteroatoms. The summed E-state index contributed by atoms with van der Waals surface area (Å²) in [4.78, 5) is 0.893. The number of benzene rings is 1. The van der Waals surface area contributed by atoms with Crippen LogP contribution in [0.5, 0.6) is 0 Å². The lowest BCUT2D eigenvalue weighted by molar-refractivity contribution is -0.167. The van der Waals surface area contributed by atoms with Crippen molar-refractivity contribution in [3.05, 3.63) is 42.0 Å². The quantitative estimate of drug-likeness (QED) is 0.304. The van der Waals surface area contributed by atoms with Gasteiger partial charge in [0, 0.05) is 10.6 Å². The number of unbranched alkanes of at least 4 members (excludes halogenated alkanes) is 2. The molecule has 0 fully saturated rings. The third kappa shape index (κ3) is 7.60. The molecule has 0 heterocycles. The summed E-state index contributed by atoms with van der Waals surface area (Å²) in [7, 11) is 0. The highest BCUT2D eigenvalue weighted by molar-refractivity contribution is 7.99. The number of aryl methyl sites for hydroxylation is 1. The van der Waals surface area contributed by atoms with Crippen molar-refractivity contribution in [1.29, 1.82) is 0 Å². The lowest BCUT2D eigenvalue weighted by Crippen LogP contribution is -2.24. The second-order valence-electron chi connectivity index (χ2n) is 5.21. The molecule has 0 bridgehead atoms. The van der Waals surface area contributed by atoms with Gasteiger partial charge in [-0.3, -0.25) is 0 Å². The van der Waals surface area contributed by atoms with E-state index in [1.165, 1.54) is 11.8 Å². The van der Waals surface area contributed by atoms with Crippen molar-refractivity contribution in [3.8, 4) is 0 Å². The van der Waals surface area contributed by atoms with E-state index in [-0.39, 0.29) is 12.2 Å². The van der Waals surface area contributed by atoms with E-state index in [1.807, 2.05) is 37.3 Å². The van der Waals surface area contributed by atoms with Gasteiger partial charge in [0.2, 0.25) is 0 Å². The molecular formula is C17H23F3S. The maximum Gasteiger partial charge on any atom is 0.392 e. The highest BCUT2D eigenvalue weighted by atomic mass is 32.2. The summed E-state index contributed by atoms with van der Waals surface area (Å²) in [5, 5.41) is 0. The van der Waals surface area contributed by atoms with Gasteiger partial charge in [0.15, 0.2) is 0 Å². The fourth-order valence-electron chi connectivity index (χ4n) is 1.83. The molecule has 0 aliphatic rings. The van der Waals surface area contributed by atoms with E-state index in [9.17, 15) is 13.2 Å². The fourth-order valence-corrected chi connectivity index (χ4v) is 2.88. The van der Waals surface area contributed by atoms with Gasteiger partial charge in [-0.05, 0) is 31.9 Å². The van der Waals surface area contributed by atoms with Crippen molar-refractivity contribution in [2.45, 2.75) is 50.6 Å². The van der Waals surface area contributed by atoms with Gasteiger partial charge in [-0.25, -0.2) is 0 Å². The zero-order chi connectivity index (χ0) is 15.7. The molecule has 0 N–H and O–H groups in total. The molecule has 0 amide bonds. The predicted molar refractivity (Wildman–Crippen MR) is 84.7 cm³/mol. The Morgan fingerprint density at radius 3 is 2.38 bits per heavy atom. The number of alkyl halides is 3. The molecule has 0 aromatic heterocycles. The molecular weight excluding hydrogens is 293 g/mol. The topological polar surface area (TPSA) is 0 Å². The molecule has 1 rings (SSSR count). The van der Waals surface area contributed by atoms with Crippen LogP contribution in [0.2, 0.25) is 0 Å². The number of allylic oxidation sites excluding steroid dienone is 2. The Morgan fingerprint density at radius 2 is 1.81 bits per heavy atom. The predicted octanol–water partition coefficient (Wildman–Crippen LogP) is 6.40. The van der Waals surface area contributed by atoms with E-state index < -0.39 is 12.1 Å². The maximum atomic E-state index is 13.0. The summed E-state index contributed by atoms with van der Waals surface area (Å²) in [6, 6.07) is 7.61. The van der Waals surface area contributed by atoms with Crippen LogP contribution in [0.1, 0.15) is 38.2 Å². The minimum Gasteiger partial charge on any atom is -0.171 e. The fraction of sp³-hybridized carbons (Fsp3) is 0.529. The average molecular weight is 316 g/mol. The molecule has 0 aliphatic carbocycles. The van der Waals surface area contributed by atoms with Gasteiger partial charge in [-0.1, -0.05) is 49.6 Å². The number of halogens is 3. The van der Waals surface area contributed by atoms with Crippen LogP contribution < -0.4 is 0 Å². The molecule has 0 saturated heterocycles. The number of hydrogen-bond donors (Lipinski definition) is 0. The van der Waals surface area contributed by atoms with Crippen LogP contribution in [-0.4, -0.2) is 11.9 Å². The molecule has 1 aromatic rings. The Balaban J connectivity index is 2.50. The van der Waals surface area contributed by atoms with Gasteiger partial charge >= 0.3 is 6.18 Å². The molecule has 0 saturated carbocycles. The van der Waals surface area contributed by atoms with Crippen LogP contribution in [0.4, 0.5) is 13.2 Å². The molecule has 118 valence electrons. The van der Waals surface area contributed by atoms with E-state index in [4.69, 9.17) is 0 Å². The second-order valence-corrected chi connectivity index (χ2v) is 6.31. The minimum atomic E-state index is -4.13. The van der Waals surface area contributed by atoms with Gasteiger partial charge < -0.3 is 0 Å². The third-order valence-electron chi connectivity index (χ3n) is 3.25. The van der Waals surface area contributed by atoms with Gasteiger partial charge in [0.1, 0.15) is 0 Å². The molecule has 0 spiro atoms. The first-order valence-electron chi connectivity index (χ1n) is 7.34. The monoisotopic (exact) mass is 316 g/mol. The molecule has 0 nitrogen and oxygen atoms in total. The number of hydrogen-bond acceptors (Lipinski definition) is 1. The molecule has 0 unspecified atom stereocenters. The van der Waals surface area contributed by atoms with Crippen molar-refractivity contribution in [3.63, 3.8) is 0 Å². The lowest BCUT2D eigenvalue weighted by Gasteiger charge is -2.18. The lowest BCUT2D eigenvalue weighted by atomic mass is 10.1. The highest BCUT2D eigenvalue weighted by Gasteiger charge is 2.38. The van der Waals surface area contributed by atoms with Gasteiger partial charge in [-0.15, -0.1) is 11.8 Å². The van der Waals surface area contributed by atoms with E-state index in [0.717, 1.165) is 29.7 Å². The largest absolute Gasteiger partial charge is 0.392 e. The van der Waals surface area contributed by atoms with Crippen LogP contribution >= 0.6 is 11.8 Å². The minimum absolute atomic E-state index is 0.0741. The van der Waals surface area contributed by atoms with Gasteiger partial charge in [0.25, 0.3) is 0 Å². The Labute approximate surface area is 129 Å². The zero-order valence-electron chi connectivity index (χ0n) is 12.6. The SMILES string of the molecule is CCCC/C=C/C[C@@H](CSc1ccc(C)cc1)C(F)(F)F. The van der Waals surface area contributed by atoms with Crippen molar-refractivity contribution >= 4 is 11.8 Å². The first-order valence-corrected chi connectivity index (χ1v) is 8.33. The molecule has 0 aliphatic heterocycles. The number of thioether (sulfide) groups is 1. The zero-order valence-corrected chi connectivity index (χ0v) is 13.4. The standard InChI is InChI=1S/C17H23F3S/c1-3-4-5-6-7-8-15(17(18,19)20)13-21-16-11-9-14(2)10-12-16/h6-7,9-12,15H,3-5,8,13H2,1-2H3/b7-6+/t15-/m0/s1. The highest BCUT2D eigenvalue weighted by Crippen LogP contribution is 2.34. The summed E-state index contributed by atoms with van der Waals surface area (Å²) in [5.41, 5.74) is 1.12. The number of rotatable bonds is 8. The average Bonchev–Trinajstić information content (AvgIpc) is 2.42. The smallest absolute Gasteiger partial charge is 0.171 e. The molecule has 0 radical (unpaired) electrons. The maximum absolute atomic E-state index is 13.0. The van der Waals surface area contributed by atoms with Crippen LogP contribution in [0.3, 0.4) is 0 Å². The van der Waals surface area contributed by atoms with Crippen LogP contribution in [-0.2, 0) is 0 Å². The third-order valence-corrected chi connectivity index (χ3v) is 4.42. The Morgan fingerprint density at radius 1 is 1.14 bits per heavy atom. The first kappa shape index (κ1) is 18.1. The summed E-state index contributed by atoms with van der Waals surface area (Å²) in [6.07, 6.45) is 2.47. The van der Waals surface area contributed by atoms with Crippen molar-refractivity contribution in [2.24, 2.45) is 5.92 Å². The Kier molecular flexibility index (Phi) is 7.94. The summed E-state index contributed by atoms with van der Waals surface area (Å²) < 4.78 is 39.0. The summed E-state index contributed by atoms with van der Waals surface area (Å²) in [6.45, 7) is 4.04. The van der Waals surface area contributed by atoms with E-state index in [2.05, 4.69) is 6.92 Å². The van der Waals surface area contributed by atoms with Crippen LogP contribution in [0, 0.1) is 12.8 Å². The molecule has 1 atom stereocenters. The Bertz CT molecular complexity index is 421. The van der Waals surface area contributed by atoms with Crippen molar-refractivity contribution < 1.29 is 13.2 Å². The second kappa shape index (κ2) is 9.19. The van der Waals surface area contributed by atoms with E-state index >= 15 is 0 Å². The van der Waals surface area contributed by atoms with Crippen LogP contribution in [0.15, 0.2) is 41.3 Å². The van der Waals surface area contributed by atoms with Crippen molar-refractivity contribution in [2.75, 3.05) is 5.75 Å². The Hall–Kier alpha value is -0.900. The summed E-state index contributed by atoms with van der Waals surface area (Å²) >= 11 is 1.28. The molecule has 21 heavy (non-hydrogen) atoms. The normalized spacial score (nSPS) is 13.8. The molecule has 1 aromatic carbocycles. The van der Waals surface area contributed by atoms with E-state index in [0.29, 0.717) is 0 Å². The van der Waals surface area contributed by atoms with Crippen LogP contribution in [0.25, 0.3) is 0 Å². The van der Waals surface area contributed by atoms with E-state index in [1.54, 1.807) is 6.08 Å².